The van der Waals surface area contributed by atoms with E-state index >= 15 is 0 Å². The standard InChI is InChI=1S/C26H33F2N7O2/c1-26(2)11-10-15(12-20(26)36)31-24-30-13-19-23(34-24)35(16-8-6-14(7-9-16)22(29)37)25(32-19)33-21-17(27)4-3-5-18(21)28/h3-5,13-16,20,36H,6-12H2,1-2H3,(H2,29,37)(H,32,33)(H,30,31,34)/t14?,15-,16?,20-/m1/s1. The van der Waals surface area contributed by atoms with Crippen molar-refractivity contribution >= 4 is 34.7 Å². The molecule has 2 aromatic heterocycles. The number of nitrogens with zero attached hydrogens (tertiary/aromatic N) is 4. The number of nitrogens with two attached hydrogens (primary N) is 1. The molecule has 0 radical (unpaired) electrons. The number of carbonyl (C=O) groups excluding carboxylic acids is 1. The number of nitrogens with one attached hydrogen (secondary N) is 2. The number of benzene rings is 1. The fraction of sp³-hybridized carbons (Fsp3) is 0.538. The Balaban J connectivity index is 1.49. The number of aromatic nitrogens is 4. The summed E-state index contributed by atoms with van der Waals surface area (Å²) in [7, 11) is 0. The van der Waals surface area contributed by atoms with Crippen LogP contribution in [0.2, 0.25) is 0 Å². The first kappa shape index (κ1) is 25.3. The van der Waals surface area contributed by atoms with Gasteiger partial charge in [-0.05, 0) is 62.5 Å². The lowest BCUT2D eigenvalue weighted by molar-refractivity contribution is -0.122. The minimum Gasteiger partial charge on any atom is -0.392 e. The van der Waals surface area contributed by atoms with Crippen LogP contribution < -0.4 is 16.4 Å². The molecular formula is C26H33F2N7O2. The highest BCUT2D eigenvalue weighted by molar-refractivity contribution is 5.78. The van der Waals surface area contributed by atoms with Crippen molar-refractivity contribution in [2.75, 3.05) is 10.6 Å². The van der Waals surface area contributed by atoms with Gasteiger partial charge in [-0.15, -0.1) is 0 Å². The molecule has 2 aliphatic carbocycles. The summed E-state index contributed by atoms with van der Waals surface area (Å²) >= 11 is 0. The first-order valence-corrected chi connectivity index (χ1v) is 12.8. The fourth-order valence-electron chi connectivity index (χ4n) is 5.47. The minimum absolute atomic E-state index is 0.0213. The molecule has 2 fully saturated rings. The maximum atomic E-state index is 14.5. The lowest BCUT2D eigenvalue weighted by Gasteiger charge is -2.39. The van der Waals surface area contributed by atoms with Crippen molar-refractivity contribution in [2.45, 2.75) is 77.0 Å². The van der Waals surface area contributed by atoms with Crippen molar-refractivity contribution in [2.24, 2.45) is 17.1 Å². The van der Waals surface area contributed by atoms with E-state index in [2.05, 4.69) is 34.4 Å². The molecule has 0 unspecified atom stereocenters. The van der Waals surface area contributed by atoms with E-state index in [-0.39, 0.29) is 41.0 Å². The lowest BCUT2D eigenvalue weighted by Crippen LogP contribution is -2.41. The average Bonchev–Trinajstić information content (AvgIpc) is 3.21. The molecule has 2 heterocycles. The summed E-state index contributed by atoms with van der Waals surface area (Å²) < 4.78 is 30.8. The molecule has 2 saturated carbocycles. The van der Waals surface area contributed by atoms with Gasteiger partial charge in [0.2, 0.25) is 17.8 Å². The Morgan fingerprint density at radius 3 is 2.49 bits per heavy atom. The maximum absolute atomic E-state index is 14.5. The van der Waals surface area contributed by atoms with E-state index in [4.69, 9.17) is 10.7 Å². The van der Waals surface area contributed by atoms with Crippen LogP contribution >= 0.6 is 0 Å². The Kier molecular flexibility index (Phi) is 6.74. The minimum atomic E-state index is -0.733. The van der Waals surface area contributed by atoms with Gasteiger partial charge in [0.1, 0.15) is 22.8 Å². The molecule has 37 heavy (non-hydrogen) atoms. The molecule has 0 saturated heterocycles. The molecule has 9 nitrogen and oxygen atoms in total. The van der Waals surface area contributed by atoms with Crippen LogP contribution in [-0.4, -0.2) is 42.7 Å². The molecule has 0 aliphatic heterocycles. The Morgan fingerprint density at radius 2 is 1.84 bits per heavy atom. The highest BCUT2D eigenvalue weighted by atomic mass is 19.1. The smallest absolute Gasteiger partial charge is 0.224 e. The zero-order valence-electron chi connectivity index (χ0n) is 21.0. The summed E-state index contributed by atoms with van der Waals surface area (Å²) in [6.45, 7) is 4.13. The molecular weight excluding hydrogens is 480 g/mol. The number of carbonyl (C=O) groups is 1. The quantitative estimate of drug-likeness (QED) is 0.384. The second-order valence-corrected chi connectivity index (χ2v) is 11.0. The average molecular weight is 514 g/mol. The van der Waals surface area contributed by atoms with Gasteiger partial charge in [-0.3, -0.25) is 9.36 Å². The second kappa shape index (κ2) is 9.85. The van der Waals surface area contributed by atoms with Crippen molar-refractivity contribution in [3.63, 3.8) is 0 Å². The zero-order valence-corrected chi connectivity index (χ0v) is 21.0. The van der Waals surface area contributed by atoms with Gasteiger partial charge in [0.25, 0.3) is 0 Å². The first-order valence-electron chi connectivity index (χ1n) is 12.8. The summed E-state index contributed by atoms with van der Waals surface area (Å²) in [6.07, 6.45) is 6.00. The van der Waals surface area contributed by atoms with Gasteiger partial charge >= 0.3 is 0 Å². The van der Waals surface area contributed by atoms with E-state index in [9.17, 15) is 18.7 Å². The number of halogens is 2. The second-order valence-electron chi connectivity index (χ2n) is 11.0. The number of aliphatic hydroxyl groups is 1. The van der Waals surface area contributed by atoms with Crippen molar-refractivity contribution in [1.29, 1.82) is 0 Å². The number of hydrogen-bond donors (Lipinski definition) is 4. The Labute approximate surface area is 213 Å². The number of aliphatic hydroxyl groups excluding tert-OH is 1. The van der Waals surface area contributed by atoms with Gasteiger partial charge in [0, 0.05) is 18.0 Å². The number of fused-ring (bicyclic) bond motifs is 1. The Morgan fingerprint density at radius 1 is 1.14 bits per heavy atom. The van der Waals surface area contributed by atoms with Gasteiger partial charge < -0.3 is 21.5 Å². The van der Waals surface area contributed by atoms with Crippen LogP contribution in [0.25, 0.3) is 11.2 Å². The van der Waals surface area contributed by atoms with Crippen molar-refractivity contribution in [3.05, 3.63) is 36.0 Å². The molecule has 11 heteroatoms. The Bertz CT molecular complexity index is 1280. The fourth-order valence-corrected chi connectivity index (χ4v) is 5.47. The molecule has 198 valence electrons. The number of primary amides is 1. The topological polar surface area (TPSA) is 131 Å². The summed E-state index contributed by atoms with van der Waals surface area (Å²) in [4.78, 5) is 25.4. The van der Waals surface area contributed by atoms with Gasteiger partial charge in [0.15, 0.2) is 5.65 Å². The molecule has 3 aromatic rings. The number of amides is 1. The molecule has 2 atom stereocenters. The van der Waals surface area contributed by atoms with Gasteiger partial charge in [-0.2, -0.15) is 4.98 Å². The van der Waals surface area contributed by atoms with Gasteiger partial charge in [-0.25, -0.2) is 18.7 Å². The molecule has 5 rings (SSSR count). The van der Waals surface area contributed by atoms with E-state index in [0.29, 0.717) is 49.2 Å². The third-order valence-electron chi connectivity index (χ3n) is 7.98. The Hall–Kier alpha value is -3.34. The summed E-state index contributed by atoms with van der Waals surface area (Å²) in [5.41, 5.74) is 6.10. The predicted octanol–water partition coefficient (Wildman–Crippen LogP) is 4.42. The van der Waals surface area contributed by atoms with Crippen LogP contribution in [0.3, 0.4) is 0 Å². The van der Waals surface area contributed by atoms with Crippen molar-refractivity contribution < 1.29 is 18.7 Å². The molecule has 5 N–H and O–H groups in total. The van der Waals surface area contributed by atoms with Crippen molar-refractivity contribution in [3.8, 4) is 0 Å². The highest BCUT2D eigenvalue weighted by Gasteiger charge is 2.35. The van der Waals surface area contributed by atoms with Gasteiger partial charge in [0.05, 0.1) is 12.3 Å². The largest absolute Gasteiger partial charge is 0.392 e. The molecule has 1 amide bonds. The van der Waals surface area contributed by atoms with E-state index in [0.717, 1.165) is 12.8 Å². The molecule has 1 aromatic carbocycles. The van der Waals surface area contributed by atoms with E-state index in [1.54, 1.807) is 6.20 Å². The lowest BCUT2D eigenvalue weighted by atomic mass is 9.73. The number of rotatable bonds is 6. The SMILES string of the molecule is CC1(C)CC[C@@H](Nc2ncc3nc(Nc4c(F)cccc4F)n(C4CCC(C(N)=O)CC4)c3n2)C[C@H]1O. The normalized spacial score (nSPS) is 25.6. The predicted molar refractivity (Wildman–Crippen MR) is 136 cm³/mol. The van der Waals surface area contributed by atoms with E-state index in [1.807, 2.05) is 4.57 Å². The van der Waals surface area contributed by atoms with Crippen LogP contribution in [0.1, 0.15) is 64.8 Å². The number of hydrogen-bond acceptors (Lipinski definition) is 7. The monoisotopic (exact) mass is 513 g/mol. The maximum Gasteiger partial charge on any atom is 0.224 e. The third-order valence-corrected chi connectivity index (χ3v) is 7.98. The summed E-state index contributed by atoms with van der Waals surface area (Å²) in [5.74, 6) is -1.32. The highest BCUT2D eigenvalue weighted by Crippen LogP contribution is 2.38. The third kappa shape index (κ3) is 5.09. The van der Waals surface area contributed by atoms with Crippen LogP contribution in [0.4, 0.5) is 26.4 Å². The van der Waals surface area contributed by atoms with Crippen molar-refractivity contribution in [1.82, 2.24) is 19.5 Å². The number of anilines is 3. The summed E-state index contributed by atoms with van der Waals surface area (Å²) in [5, 5.41) is 16.7. The van der Waals surface area contributed by atoms with Gasteiger partial charge in [-0.1, -0.05) is 19.9 Å². The molecule has 0 spiro atoms. The van der Waals surface area contributed by atoms with E-state index in [1.165, 1.54) is 18.2 Å². The van der Waals surface area contributed by atoms with Crippen LogP contribution in [0.5, 0.6) is 0 Å². The summed E-state index contributed by atoms with van der Waals surface area (Å²) in [6, 6.07) is 3.58. The zero-order chi connectivity index (χ0) is 26.3. The number of imidazole rings is 1. The molecule has 2 aliphatic rings. The van der Waals surface area contributed by atoms with E-state index < -0.39 is 17.7 Å². The number of para-hydroxylation sites is 1. The van der Waals surface area contributed by atoms with Crippen LogP contribution in [0, 0.1) is 23.0 Å². The van der Waals surface area contributed by atoms with Crippen LogP contribution in [-0.2, 0) is 4.79 Å². The first-order chi connectivity index (χ1) is 17.6. The van der Waals surface area contributed by atoms with Crippen LogP contribution in [0.15, 0.2) is 24.4 Å². The molecule has 0 bridgehead atoms.